The van der Waals surface area contributed by atoms with Gasteiger partial charge in [-0.25, -0.2) is 17.5 Å². The standard InChI is InChI=1S/C12H15ClFN3O3S/c13-9-5-4-7(14)6-11(9)21(19,20)17-10-3-1-2-8(10)12(15)16-18/h4-6,8,10,17-18H,1-3H2,(H2,15,16). The van der Waals surface area contributed by atoms with E-state index in [4.69, 9.17) is 22.5 Å². The Kier molecular flexibility index (Phi) is 4.70. The summed E-state index contributed by atoms with van der Waals surface area (Å²) in [4.78, 5) is -0.325. The maximum atomic E-state index is 13.2. The quantitative estimate of drug-likeness (QED) is 0.337. The third kappa shape index (κ3) is 3.45. The molecule has 1 fully saturated rings. The van der Waals surface area contributed by atoms with Crippen LogP contribution in [0.15, 0.2) is 28.3 Å². The fourth-order valence-corrected chi connectivity index (χ4v) is 4.30. The molecule has 6 nitrogen and oxygen atoms in total. The molecule has 9 heteroatoms. The Morgan fingerprint density at radius 2 is 2.19 bits per heavy atom. The van der Waals surface area contributed by atoms with Gasteiger partial charge >= 0.3 is 0 Å². The van der Waals surface area contributed by atoms with Crippen molar-refractivity contribution in [2.75, 3.05) is 0 Å². The predicted molar refractivity (Wildman–Crippen MR) is 76.3 cm³/mol. The van der Waals surface area contributed by atoms with Crippen LogP contribution in [-0.4, -0.2) is 25.5 Å². The Morgan fingerprint density at radius 1 is 1.48 bits per heavy atom. The molecule has 1 aromatic carbocycles. The summed E-state index contributed by atoms with van der Waals surface area (Å²) in [7, 11) is -3.99. The molecule has 2 rings (SSSR count). The Hall–Kier alpha value is -1.38. The molecule has 21 heavy (non-hydrogen) atoms. The molecular weight excluding hydrogens is 321 g/mol. The van der Waals surface area contributed by atoms with Crippen LogP contribution in [0, 0.1) is 11.7 Å². The molecule has 0 heterocycles. The molecule has 0 saturated heterocycles. The second-order valence-corrected chi connectivity index (χ2v) is 6.95. The highest BCUT2D eigenvalue weighted by molar-refractivity contribution is 7.89. The number of sulfonamides is 1. The number of oxime groups is 1. The van der Waals surface area contributed by atoms with Crippen molar-refractivity contribution in [1.29, 1.82) is 0 Å². The van der Waals surface area contributed by atoms with Crippen LogP contribution in [0.2, 0.25) is 5.02 Å². The van der Waals surface area contributed by atoms with Crippen molar-refractivity contribution in [2.45, 2.75) is 30.2 Å². The lowest BCUT2D eigenvalue weighted by molar-refractivity contribution is 0.312. The van der Waals surface area contributed by atoms with Crippen molar-refractivity contribution >= 4 is 27.5 Å². The summed E-state index contributed by atoms with van der Waals surface area (Å²) in [6.07, 6.45) is 1.90. The van der Waals surface area contributed by atoms with E-state index in [1.54, 1.807) is 0 Å². The largest absolute Gasteiger partial charge is 0.409 e. The van der Waals surface area contributed by atoms with Crippen LogP contribution in [0.5, 0.6) is 0 Å². The molecule has 1 aromatic rings. The molecule has 0 spiro atoms. The van der Waals surface area contributed by atoms with E-state index >= 15 is 0 Å². The van der Waals surface area contributed by atoms with E-state index < -0.39 is 27.8 Å². The van der Waals surface area contributed by atoms with Gasteiger partial charge in [0, 0.05) is 12.0 Å². The number of benzene rings is 1. The van der Waals surface area contributed by atoms with Crippen LogP contribution >= 0.6 is 11.6 Å². The van der Waals surface area contributed by atoms with Crippen LogP contribution in [0.3, 0.4) is 0 Å². The number of hydrogen-bond acceptors (Lipinski definition) is 4. The summed E-state index contributed by atoms with van der Waals surface area (Å²) in [5.41, 5.74) is 5.56. The van der Waals surface area contributed by atoms with Crippen LogP contribution in [0.4, 0.5) is 4.39 Å². The van der Waals surface area contributed by atoms with Gasteiger partial charge < -0.3 is 10.9 Å². The minimum Gasteiger partial charge on any atom is -0.409 e. The summed E-state index contributed by atoms with van der Waals surface area (Å²) in [6.45, 7) is 0. The average molecular weight is 336 g/mol. The van der Waals surface area contributed by atoms with E-state index in [9.17, 15) is 12.8 Å². The molecule has 1 aliphatic carbocycles. The molecule has 4 N–H and O–H groups in total. The van der Waals surface area contributed by atoms with Crippen LogP contribution in [0.1, 0.15) is 19.3 Å². The van der Waals surface area contributed by atoms with Gasteiger partial charge in [0.1, 0.15) is 16.5 Å². The highest BCUT2D eigenvalue weighted by Gasteiger charge is 2.34. The third-order valence-corrected chi connectivity index (χ3v) is 5.47. The SMILES string of the molecule is N/C(=N/O)C1CCCC1NS(=O)(=O)c1cc(F)ccc1Cl. The molecule has 116 valence electrons. The molecule has 0 radical (unpaired) electrons. The molecule has 0 bridgehead atoms. The number of nitrogens with zero attached hydrogens (tertiary/aromatic N) is 1. The topological polar surface area (TPSA) is 105 Å². The van der Waals surface area contributed by atoms with Gasteiger partial charge in [-0.05, 0) is 31.0 Å². The van der Waals surface area contributed by atoms with Gasteiger partial charge in [0.05, 0.1) is 5.02 Å². The van der Waals surface area contributed by atoms with Crippen LogP contribution in [-0.2, 0) is 10.0 Å². The van der Waals surface area contributed by atoms with Crippen molar-refractivity contribution in [3.8, 4) is 0 Å². The molecule has 0 aliphatic heterocycles. The maximum absolute atomic E-state index is 13.2. The van der Waals surface area contributed by atoms with Gasteiger partial charge in [0.15, 0.2) is 0 Å². The zero-order valence-electron chi connectivity index (χ0n) is 11.0. The van der Waals surface area contributed by atoms with Gasteiger partial charge in [-0.3, -0.25) is 0 Å². The van der Waals surface area contributed by atoms with Crippen molar-refractivity contribution in [1.82, 2.24) is 4.72 Å². The van der Waals surface area contributed by atoms with Gasteiger partial charge in [0.2, 0.25) is 10.0 Å². The van der Waals surface area contributed by atoms with Gasteiger partial charge in [0.25, 0.3) is 0 Å². The highest BCUT2D eigenvalue weighted by Crippen LogP contribution is 2.29. The zero-order valence-corrected chi connectivity index (χ0v) is 12.5. The highest BCUT2D eigenvalue weighted by atomic mass is 35.5. The maximum Gasteiger partial charge on any atom is 0.242 e. The van der Waals surface area contributed by atoms with Crippen LogP contribution < -0.4 is 10.5 Å². The Bertz CT molecular complexity index is 666. The Balaban J connectivity index is 2.27. The van der Waals surface area contributed by atoms with E-state index in [0.29, 0.717) is 12.8 Å². The van der Waals surface area contributed by atoms with Crippen molar-refractivity contribution < 1.29 is 18.0 Å². The average Bonchev–Trinajstić information content (AvgIpc) is 2.87. The number of nitrogens with one attached hydrogen (secondary N) is 1. The lowest BCUT2D eigenvalue weighted by Crippen LogP contribution is -2.42. The first-order valence-electron chi connectivity index (χ1n) is 6.30. The third-order valence-electron chi connectivity index (χ3n) is 3.50. The summed E-state index contributed by atoms with van der Waals surface area (Å²) >= 11 is 5.82. The molecule has 2 unspecified atom stereocenters. The second kappa shape index (κ2) is 6.17. The molecule has 1 saturated carbocycles. The first-order valence-corrected chi connectivity index (χ1v) is 8.16. The minimum absolute atomic E-state index is 0.0226. The Morgan fingerprint density at radius 3 is 2.86 bits per heavy atom. The summed E-state index contributed by atoms with van der Waals surface area (Å²) in [5.74, 6) is -1.11. The molecule has 1 aliphatic rings. The Labute approximate surface area is 126 Å². The van der Waals surface area contributed by atoms with Crippen LogP contribution in [0.25, 0.3) is 0 Å². The zero-order chi connectivity index (χ0) is 15.6. The van der Waals surface area contributed by atoms with Crippen molar-refractivity contribution in [3.63, 3.8) is 0 Å². The summed E-state index contributed by atoms with van der Waals surface area (Å²) in [5, 5.41) is 11.6. The monoisotopic (exact) mass is 335 g/mol. The van der Waals surface area contributed by atoms with Gasteiger partial charge in [-0.1, -0.05) is 23.2 Å². The number of rotatable bonds is 4. The lowest BCUT2D eigenvalue weighted by Gasteiger charge is -2.20. The van der Waals surface area contributed by atoms with E-state index in [-0.39, 0.29) is 15.8 Å². The first-order chi connectivity index (χ1) is 9.85. The predicted octanol–water partition coefficient (Wildman–Crippen LogP) is 1.67. The molecular formula is C12H15ClFN3O3S. The van der Waals surface area contributed by atoms with Crippen molar-refractivity contribution in [2.24, 2.45) is 16.8 Å². The minimum atomic E-state index is -3.99. The summed E-state index contributed by atoms with van der Waals surface area (Å²) < 4.78 is 40.3. The first kappa shape index (κ1) is 16.0. The number of hydrogen-bond donors (Lipinski definition) is 3. The van der Waals surface area contributed by atoms with Gasteiger partial charge in [-0.2, -0.15) is 0 Å². The smallest absolute Gasteiger partial charge is 0.242 e. The fourth-order valence-electron chi connectivity index (χ4n) is 2.48. The lowest BCUT2D eigenvalue weighted by atomic mass is 10.0. The van der Waals surface area contributed by atoms with E-state index in [1.807, 2.05) is 0 Å². The van der Waals surface area contributed by atoms with E-state index in [0.717, 1.165) is 18.6 Å². The molecule has 0 aromatic heterocycles. The van der Waals surface area contributed by atoms with Gasteiger partial charge in [-0.15, -0.1) is 0 Å². The number of nitrogens with two attached hydrogens (primary N) is 1. The number of amidine groups is 1. The fraction of sp³-hybridized carbons (Fsp3) is 0.417. The van der Waals surface area contributed by atoms with Crippen molar-refractivity contribution in [3.05, 3.63) is 29.0 Å². The normalized spacial score (nSPS) is 23.4. The molecule has 0 amide bonds. The second-order valence-electron chi connectivity index (χ2n) is 4.86. The number of halogens is 2. The van der Waals surface area contributed by atoms with E-state index in [2.05, 4.69) is 9.88 Å². The van der Waals surface area contributed by atoms with E-state index in [1.165, 1.54) is 6.07 Å². The summed E-state index contributed by atoms with van der Waals surface area (Å²) in [6, 6.07) is 2.61. The molecule has 2 atom stereocenters.